The standard InChI is InChI=1S/C24H27N5O3S/c1-16-13-17(2)29(27-16)20(21-9-6-12-33-21)15-25-23(31)24(32)26-18-7-5-8-19(14-18)28-11-4-3-10-22(28)30/h5-9,12-14,20H,3-4,10-11,15H2,1-2H3,(H,25,31)(H,26,32). The minimum Gasteiger partial charge on any atom is -0.345 e. The van der Waals surface area contributed by atoms with Crippen LogP contribution < -0.4 is 15.5 Å². The summed E-state index contributed by atoms with van der Waals surface area (Å²) in [5.74, 6) is -1.40. The number of aryl methyl sites for hydroxylation is 2. The second-order valence-electron chi connectivity index (χ2n) is 8.12. The monoisotopic (exact) mass is 465 g/mol. The first-order valence-electron chi connectivity index (χ1n) is 11.0. The first-order valence-corrected chi connectivity index (χ1v) is 11.9. The molecule has 1 unspecified atom stereocenters. The largest absolute Gasteiger partial charge is 0.345 e. The molecular formula is C24H27N5O3S. The molecule has 2 N–H and O–H groups in total. The Morgan fingerprint density at radius 1 is 1.12 bits per heavy atom. The summed E-state index contributed by atoms with van der Waals surface area (Å²) < 4.78 is 1.87. The van der Waals surface area contributed by atoms with Crippen LogP contribution in [0.1, 0.15) is 41.6 Å². The van der Waals surface area contributed by atoms with Crippen LogP contribution in [-0.4, -0.2) is 40.6 Å². The maximum atomic E-state index is 12.6. The number of benzene rings is 1. The average molecular weight is 466 g/mol. The van der Waals surface area contributed by atoms with Crippen LogP contribution >= 0.6 is 11.3 Å². The number of hydrogen-bond donors (Lipinski definition) is 2. The van der Waals surface area contributed by atoms with Gasteiger partial charge in [-0.3, -0.25) is 19.1 Å². The minimum absolute atomic E-state index is 0.0752. The molecule has 0 radical (unpaired) electrons. The van der Waals surface area contributed by atoms with Crippen LogP contribution in [0.15, 0.2) is 47.8 Å². The summed E-state index contributed by atoms with van der Waals surface area (Å²) in [4.78, 5) is 40.1. The van der Waals surface area contributed by atoms with E-state index in [1.54, 1.807) is 34.4 Å². The van der Waals surface area contributed by atoms with Crippen LogP contribution in [0.25, 0.3) is 0 Å². The smallest absolute Gasteiger partial charge is 0.313 e. The van der Waals surface area contributed by atoms with E-state index in [1.165, 1.54) is 0 Å². The van der Waals surface area contributed by atoms with Gasteiger partial charge < -0.3 is 15.5 Å². The average Bonchev–Trinajstić information content (AvgIpc) is 3.44. The highest BCUT2D eigenvalue weighted by Gasteiger charge is 2.23. The van der Waals surface area contributed by atoms with Crippen LogP contribution in [-0.2, 0) is 14.4 Å². The summed E-state index contributed by atoms with van der Waals surface area (Å²) in [5.41, 5.74) is 3.07. The highest BCUT2D eigenvalue weighted by Crippen LogP contribution is 2.25. The van der Waals surface area contributed by atoms with Crippen LogP contribution in [0.4, 0.5) is 11.4 Å². The lowest BCUT2D eigenvalue weighted by molar-refractivity contribution is -0.136. The fourth-order valence-electron chi connectivity index (χ4n) is 4.04. The molecule has 1 aromatic carbocycles. The summed E-state index contributed by atoms with van der Waals surface area (Å²) in [6.45, 7) is 4.78. The van der Waals surface area contributed by atoms with Crippen molar-refractivity contribution in [3.8, 4) is 0 Å². The van der Waals surface area contributed by atoms with Gasteiger partial charge >= 0.3 is 11.8 Å². The number of hydrogen-bond acceptors (Lipinski definition) is 5. The quantitative estimate of drug-likeness (QED) is 0.545. The number of nitrogens with one attached hydrogen (secondary N) is 2. The molecule has 172 valence electrons. The van der Waals surface area contributed by atoms with Gasteiger partial charge in [0.1, 0.15) is 6.04 Å². The molecule has 0 bridgehead atoms. The predicted octanol–water partition coefficient (Wildman–Crippen LogP) is 3.42. The molecule has 2 aromatic heterocycles. The summed E-state index contributed by atoms with van der Waals surface area (Å²) in [6, 6.07) is 12.7. The summed E-state index contributed by atoms with van der Waals surface area (Å²) >= 11 is 1.58. The normalized spacial score (nSPS) is 14.7. The Kier molecular flexibility index (Phi) is 6.88. The topological polar surface area (TPSA) is 96.3 Å². The lowest BCUT2D eigenvalue weighted by Gasteiger charge is -2.27. The fraction of sp³-hybridized carbons (Fsp3) is 0.333. The van der Waals surface area contributed by atoms with Crippen molar-refractivity contribution < 1.29 is 14.4 Å². The zero-order chi connectivity index (χ0) is 23.4. The first kappa shape index (κ1) is 22.7. The summed E-state index contributed by atoms with van der Waals surface area (Å²) in [6.07, 6.45) is 2.38. The van der Waals surface area contributed by atoms with E-state index in [9.17, 15) is 14.4 Å². The van der Waals surface area contributed by atoms with Gasteiger partial charge in [0.2, 0.25) is 5.91 Å². The number of aromatic nitrogens is 2. The van der Waals surface area contributed by atoms with Crippen molar-refractivity contribution in [2.24, 2.45) is 0 Å². The van der Waals surface area contributed by atoms with Crippen LogP contribution in [0.3, 0.4) is 0 Å². The number of anilines is 2. The fourth-order valence-corrected chi connectivity index (χ4v) is 4.85. The third kappa shape index (κ3) is 5.31. The van der Waals surface area contributed by atoms with Gasteiger partial charge in [0.25, 0.3) is 0 Å². The molecule has 3 heterocycles. The molecule has 1 atom stereocenters. The van der Waals surface area contributed by atoms with Crippen molar-refractivity contribution in [2.45, 2.75) is 39.2 Å². The van der Waals surface area contributed by atoms with Gasteiger partial charge in [-0.2, -0.15) is 5.10 Å². The molecule has 4 rings (SSSR count). The Labute approximate surface area is 196 Å². The minimum atomic E-state index is -0.754. The molecule has 1 fully saturated rings. The van der Waals surface area contributed by atoms with Crippen molar-refractivity contribution in [1.82, 2.24) is 15.1 Å². The SMILES string of the molecule is Cc1cc(C)n(C(CNC(=O)C(=O)Nc2cccc(N3CCCCC3=O)c2)c2cccs2)n1. The van der Waals surface area contributed by atoms with Crippen LogP contribution in [0, 0.1) is 13.8 Å². The number of carbonyl (C=O) groups is 3. The molecule has 3 aromatic rings. The second-order valence-corrected chi connectivity index (χ2v) is 9.10. The van der Waals surface area contributed by atoms with E-state index in [1.807, 2.05) is 48.2 Å². The molecule has 9 heteroatoms. The molecule has 1 aliphatic heterocycles. The number of rotatable bonds is 6. The molecule has 1 saturated heterocycles. The van der Waals surface area contributed by atoms with Gasteiger partial charge in [-0.15, -0.1) is 11.3 Å². The van der Waals surface area contributed by atoms with Crippen LogP contribution in [0.5, 0.6) is 0 Å². The van der Waals surface area contributed by atoms with Crippen molar-refractivity contribution >= 4 is 40.4 Å². The van der Waals surface area contributed by atoms with E-state index in [4.69, 9.17) is 0 Å². The summed E-state index contributed by atoms with van der Waals surface area (Å²) in [5, 5.41) is 11.9. The van der Waals surface area contributed by atoms with Gasteiger partial charge in [0.05, 0.1) is 5.69 Å². The van der Waals surface area contributed by atoms with Crippen LogP contribution in [0.2, 0.25) is 0 Å². The lowest BCUT2D eigenvalue weighted by atomic mass is 10.1. The van der Waals surface area contributed by atoms with Crippen molar-refractivity contribution in [1.29, 1.82) is 0 Å². The second kappa shape index (κ2) is 9.99. The van der Waals surface area contributed by atoms with E-state index < -0.39 is 11.8 Å². The zero-order valence-electron chi connectivity index (χ0n) is 18.7. The van der Waals surface area contributed by atoms with E-state index in [-0.39, 0.29) is 18.5 Å². The Morgan fingerprint density at radius 3 is 2.67 bits per heavy atom. The van der Waals surface area contributed by atoms with E-state index in [0.717, 1.165) is 34.8 Å². The van der Waals surface area contributed by atoms with Gasteiger partial charge in [-0.05, 0) is 62.4 Å². The third-order valence-electron chi connectivity index (χ3n) is 5.61. The maximum Gasteiger partial charge on any atom is 0.313 e. The summed E-state index contributed by atoms with van der Waals surface area (Å²) in [7, 11) is 0. The van der Waals surface area contributed by atoms with E-state index >= 15 is 0 Å². The number of nitrogens with zero attached hydrogens (tertiary/aromatic N) is 3. The first-order chi connectivity index (χ1) is 15.9. The van der Waals surface area contributed by atoms with E-state index in [2.05, 4.69) is 15.7 Å². The van der Waals surface area contributed by atoms with Crippen molar-refractivity contribution in [3.05, 3.63) is 64.1 Å². The molecule has 0 spiro atoms. The molecule has 0 saturated carbocycles. The maximum absolute atomic E-state index is 12.6. The molecular weight excluding hydrogens is 438 g/mol. The Balaban J connectivity index is 1.41. The van der Waals surface area contributed by atoms with Gasteiger partial charge in [0.15, 0.2) is 0 Å². The molecule has 0 aliphatic carbocycles. The van der Waals surface area contributed by atoms with Gasteiger partial charge in [-0.1, -0.05) is 12.1 Å². The van der Waals surface area contributed by atoms with Gasteiger partial charge in [0, 0.05) is 41.5 Å². The molecule has 3 amide bonds. The predicted molar refractivity (Wildman–Crippen MR) is 128 cm³/mol. The molecule has 8 nitrogen and oxygen atoms in total. The molecule has 33 heavy (non-hydrogen) atoms. The van der Waals surface area contributed by atoms with Crippen molar-refractivity contribution in [3.63, 3.8) is 0 Å². The third-order valence-corrected chi connectivity index (χ3v) is 6.59. The Bertz CT molecular complexity index is 1150. The Morgan fingerprint density at radius 2 is 1.97 bits per heavy atom. The number of thiophene rings is 1. The van der Waals surface area contributed by atoms with Crippen molar-refractivity contribution in [2.75, 3.05) is 23.3 Å². The molecule has 1 aliphatic rings. The Hall–Kier alpha value is -3.46. The number of piperidine rings is 1. The number of amides is 3. The highest BCUT2D eigenvalue weighted by atomic mass is 32.1. The number of carbonyl (C=O) groups excluding carboxylic acids is 3. The zero-order valence-corrected chi connectivity index (χ0v) is 19.5. The highest BCUT2D eigenvalue weighted by molar-refractivity contribution is 7.10. The lowest BCUT2D eigenvalue weighted by Crippen LogP contribution is -2.39. The van der Waals surface area contributed by atoms with E-state index in [0.29, 0.717) is 18.7 Å². The van der Waals surface area contributed by atoms with Gasteiger partial charge in [-0.25, -0.2) is 0 Å².